The molecule has 1 amide bonds. The molecule has 0 radical (unpaired) electrons. The van der Waals surface area contributed by atoms with E-state index in [-0.39, 0.29) is 17.8 Å². The first kappa shape index (κ1) is 21.4. The van der Waals surface area contributed by atoms with Crippen molar-refractivity contribution in [2.75, 3.05) is 25.1 Å². The van der Waals surface area contributed by atoms with E-state index in [2.05, 4.69) is 10.5 Å². The van der Waals surface area contributed by atoms with Gasteiger partial charge in [0.05, 0.1) is 25.8 Å². The zero-order valence-corrected chi connectivity index (χ0v) is 17.2. The molecule has 7 heteroatoms. The van der Waals surface area contributed by atoms with Crippen molar-refractivity contribution in [2.45, 2.75) is 26.7 Å². The van der Waals surface area contributed by atoms with Crippen LogP contribution in [0.5, 0.6) is 5.75 Å². The van der Waals surface area contributed by atoms with Gasteiger partial charge in [0.2, 0.25) is 0 Å². The van der Waals surface area contributed by atoms with Gasteiger partial charge < -0.3 is 19.6 Å². The molecular formula is C23H26N2O5. The number of anilines is 1. The predicted octanol–water partition coefficient (Wildman–Crippen LogP) is 3.81. The summed E-state index contributed by atoms with van der Waals surface area (Å²) in [6, 6.07) is 12.7. The first-order chi connectivity index (χ1) is 14.6. The fraction of sp³-hybridized carbons (Fsp3) is 0.348. The Balaban J connectivity index is 1.63. The number of rotatable bonds is 8. The average molecular weight is 410 g/mol. The molecule has 1 heterocycles. The third kappa shape index (κ3) is 5.83. The van der Waals surface area contributed by atoms with Gasteiger partial charge in [-0.15, -0.1) is 0 Å². The second-order valence-corrected chi connectivity index (χ2v) is 6.94. The minimum absolute atomic E-state index is 0.0424. The highest BCUT2D eigenvalue weighted by Gasteiger charge is 2.24. The summed E-state index contributed by atoms with van der Waals surface area (Å²) in [5, 5.41) is 6.71. The fourth-order valence-electron chi connectivity index (χ4n) is 3.21. The van der Waals surface area contributed by atoms with Gasteiger partial charge in [-0.05, 0) is 61.7 Å². The van der Waals surface area contributed by atoms with E-state index in [1.165, 1.54) is 0 Å². The molecule has 1 unspecified atom stereocenters. The number of hydrogen-bond acceptors (Lipinski definition) is 6. The summed E-state index contributed by atoms with van der Waals surface area (Å²) in [7, 11) is 0. The first-order valence-corrected chi connectivity index (χ1v) is 10.1. The molecule has 7 nitrogen and oxygen atoms in total. The monoisotopic (exact) mass is 410 g/mol. The topological polar surface area (TPSA) is 86.2 Å². The van der Waals surface area contributed by atoms with Crippen LogP contribution in [0.1, 0.15) is 41.8 Å². The van der Waals surface area contributed by atoms with Crippen molar-refractivity contribution >= 4 is 23.8 Å². The third-order valence-electron chi connectivity index (χ3n) is 4.64. The molecule has 2 aromatic rings. The molecule has 158 valence electrons. The normalized spacial score (nSPS) is 15.2. The first-order valence-electron chi connectivity index (χ1n) is 10.1. The average Bonchev–Trinajstić information content (AvgIpc) is 2.75. The Hall–Kier alpha value is -3.35. The second-order valence-electron chi connectivity index (χ2n) is 6.94. The number of oxime groups is 1. The molecular weight excluding hydrogens is 384 g/mol. The minimum Gasteiger partial charge on any atom is -0.493 e. The van der Waals surface area contributed by atoms with Gasteiger partial charge in [0.25, 0.3) is 5.91 Å². The zero-order valence-electron chi connectivity index (χ0n) is 17.2. The molecule has 0 fully saturated rings. The Bertz CT molecular complexity index is 908. The van der Waals surface area contributed by atoms with Crippen LogP contribution in [0.3, 0.4) is 0 Å². The van der Waals surface area contributed by atoms with E-state index in [4.69, 9.17) is 14.3 Å². The number of hydrogen-bond donors (Lipinski definition) is 1. The second kappa shape index (κ2) is 10.4. The van der Waals surface area contributed by atoms with Crippen LogP contribution < -0.4 is 10.1 Å². The van der Waals surface area contributed by atoms with Crippen molar-refractivity contribution in [3.05, 3.63) is 59.2 Å². The number of ether oxygens (including phenoxy) is 2. The van der Waals surface area contributed by atoms with Gasteiger partial charge in [0.15, 0.2) is 0 Å². The van der Waals surface area contributed by atoms with E-state index in [0.29, 0.717) is 43.9 Å². The number of amides is 1. The molecule has 30 heavy (non-hydrogen) atoms. The van der Waals surface area contributed by atoms with Gasteiger partial charge in [-0.2, -0.15) is 0 Å². The molecule has 1 atom stereocenters. The number of benzene rings is 2. The van der Waals surface area contributed by atoms with E-state index in [1.54, 1.807) is 25.3 Å². The largest absolute Gasteiger partial charge is 0.493 e. The molecule has 1 aliphatic heterocycles. The molecule has 3 rings (SSSR count). The van der Waals surface area contributed by atoms with Crippen LogP contribution >= 0.6 is 0 Å². The summed E-state index contributed by atoms with van der Waals surface area (Å²) < 4.78 is 10.8. The van der Waals surface area contributed by atoms with Crippen LogP contribution in [0.2, 0.25) is 0 Å². The van der Waals surface area contributed by atoms with Crippen LogP contribution in [0.15, 0.2) is 47.6 Å². The zero-order chi connectivity index (χ0) is 21.3. The molecule has 0 saturated carbocycles. The highest BCUT2D eigenvalue weighted by atomic mass is 16.6. The maximum atomic E-state index is 12.7. The summed E-state index contributed by atoms with van der Waals surface area (Å²) in [5.41, 5.74) is 3.02. The van der Waals surface area contributed by atoms with Crippen LogP contribution in [0.4, 0.5) is 5.69 Å². The van der Waals surface area contributed by atoms with Crippen LogP contribution in [0, 0.1) is 5.92 Å². The Morgan fingerprint density at radius 3 is 2.70 bits per heavy atom. The van der Waals surface area contributed by atoms with E-state index in [9.17, 15) is 9.59 Å². The van der Waals surface area contributed by atoms with Crippen molar-refractivity contribution < 1.29 is 23.9 Å². The maximum Gasteiger partial charge on any atom is 0.306 e. The summed E-state index contributed by atoms with van der Waals surface area (Å²) in [6.45, 7) is 5.00. The highest BCUT2D eigenvalue weighted by Crippen LogP contribution is 2.30. The van der Waals surface area contributed by atoms with Crippen LogP contribution in [-0.2, 0) is 20.8 Å². The van der Waals surface area contributed by atoms with Gasteiger partial charge in [-0.1, -0.05) is 17.3 Å². The number of carbonyl (C=O) groups is 2. The molecule has 0 spiro atoms. The Morgan fingerprint density at radius 2 is 1.97 bits per heavy atom. The summed E-state index contributed by atoms with van der Waals surface area (Å²) >= 11 is 0. The van der Waals surface area contributed by atoms with Gasteiger partial charge in [-0.25, -0.2) is 0 Å². The van der Waals surface area contributed by atoms with E-state index in [0.717, 1.165) is 16.9 Å². The van der Waals surface area contributed by atoms with Gasteiger partial charge in [-0.3, -0.25) is 9.59 Å². The van der Waals surface area contributed by atoms with Crippen molar-refractivity contribution in [2.24, 2.45) is 11.1 Å². The SMILES string of the molecule is CCON=Cc1ccc(NC(=O)c2ccc3c(c2)CC(CC(=O)OCC)CO3)cc1. The van der Waals surface area contributed by atoms with Crippen molar-refractivity contribution in [1.82, 2.24) is 0 Å². The number of carbonyl (C=O) groups excluding carboxylic acids is 2. The Kier molecular flexibility index (Phi) is 7.43. The summed E-state index contributed by atoms with van der Waals surface area (Å²) in [6.07, 6.45) is 2.59. The van der Waals surface area contributed by atoms with Gasteiger partial charge in [0, 0.05) is 17.2 Å². The third-order valence-corrected chi connectivity index (χ3v) is 4.64. The minimum atomic E-state index is -0.224. The lowest BCUT2D eigenvalue weighted by Gasteiger charge is -2.25. The van der Waals surface area contributed by atoms with Crippen molar-refractivity contribution in [3.63, 3.8) is 0 Å². The number of esters is 1. The lowest BCUT2D eigenvalue weighted by atomic mass is 9.93. The lowest BCUT2D eigenvalue weighted by Crippen LogP contribution is -2.25. The highest BCUT2D eigenvalue weighted by molar-refractivity contribution is 6.04. The van der Waals surface area contributed by atoms with Crippen molar-refractivity contribution in [3.8, 4) is 5.75 Å². The molecule has 0 aliphatic carbocycles. The van der Waals surface area contributed by atoms with Crippen LogP contribution in [0.25, 0.3) is 0 Å². The smallest absolute Gasteiger partial charge is 0.306 e. The quantitative estimate of drug-likeness (QED) is 0.406. The predicted molar refractivity (Wildman–Crippen MR) is 114 cm³/mol. The van der Waals surface area contributed by atoms with Gasteiger partial charge in [0.1, 0.15) is 12.4 Å². The summed E-state index contributed by atoms with van der Waals surface area (Å²) in [4.78, 5) is 29.4. The number of fused-ring (bicyclic) bond motifs is 1. The fourth-order valence-corrected chi connectivity index (χ4v) is 3.21. The standard InChI is InChI=1S/C23H26N2O5/c1-3-28-22(26)12-17-11-19-13-18(7-10-21(19)29-15-17)23(27)25-20-8-5-16(6-9-20)14-24-30-4-2/h5-10,13-14,17H,3-4,11-12,15H2,1-2H3,(H,25,27). The lowest BCUT2D eigenvalue weighted by molar-refractivity contribution is -0.144. The molecule has 0 aromatic heterocycles. The van der Waals surface area contributed by atoms with E-state index >= 15 is 0 Å². The van der Waals surface area contributed by atoms with E-state index < -0.39 is 0 Å². The van der Waals surface area contributed by atoms with Gasteiger partial charge >= 0.3 is 5.97 Å². The molecule has 1 aliphatic rings. The molecule has 2 aromatic carbocycles. The molecule has 0 bridgehead atoms. The molecule has 0 saturated heterocycles. The van der Waals surface area contributed by atoms with Crippen molar-refractivity contribution in [1.29, 1.82) is 0 Å². The number of nitrogens with one attached hydrogen (secondary N) is 1. The maximum absolute atomic E-state index is 12.7. The summed E-state index contributed by atoms with van der Waals surface area (Å²) in [5.74, 6) is 0.365. The Morgan fingerprint density at radius 1 is 1.17 bits per heavy atom. The molecule has 1 N–H and O–H groups in total. The van der Waals surface area contributed by atoms with E-state index in [1.807, 2.05) is 37.3 Å². The number of nitrogens with zero attached hydrogens (tertiary/aromatic N) is 1. The Labute approximate surface area is 176 Å². The van der Waals surface area contributed by atoms with Crippen LogP contribution in [-0.4, -0.2) is 37.9 Å².